The molecule has 140 valence electrons. The van der Waals surface area contributed by atoms with Crippen LogP contribution < -0.4 is 5.32 Å². The smallest absolute Gasteiger partial charge is 0.376 e. The number of nitro groups is 1. The van der Waals surface area contributed by atoms with E-state index in [1.54, 1.807) is 0 Å². The van der Waals surface area contributed by atoms with Crippen LogP contribution in [0.2, 0.25) is 0 Å². The summed E-state index contributed by atoms with van der Waals surface area (Å²) in [5.74, 6) is -0.782. The fourth-order valence-electron chi connectivity index (χ4n) is 2.19. The zero-order valence-corrected chi connectivity index (χ0v) is 13.3. The Kier molecular flexibility index (Phi) is 4.75. The quantitative estimate of drug-likeness (QED) is 0.399. The second-order valence-electron chi connectivity index (χ2n) is 5.36. The van der Waals surface area contributed by atoms with Crippen LogP contribution in [0, 0.1) is 15.9 Å². The van der Waals surface area contributed by atoms with Crippen LogP contribution in [0.15, 0.2) is 47.0 Å². The molecular weight excluding hydrogens is 372 g/mol. The summed E-state index contributed by atoms with van der Waals surface area (Å²) in [6, 6.07) is 7.50. The molecule has 0 spiro atoms. The van der Waals surface area contributed by atoms with Gasteiger partial charge in [0.05, 0.1) is 17.0 Å². The van der Waals surface area contributed by atoms with Crippen molar-refractivity contribution in [1.29, 1.82) is 0 Å². The molecule has 0 aliphatic rings. The zero-order valence-electron chi connectivity index (χ0n) is 13.3. The first-order valence-electron chi connectivity index (χ1n) is 7.42. The van der Waals surface area contributed by atoms with Crippen LogP contribution >= 0.6 is 0 Å². The van der Waals surface area contributed by atoms with Gasteiger partial charge in [0, 0.05) is 17.3 Å². The first-order chi connectivity index (χ1) is 12.7. The van der Waals surface area contributed by atoms with Gasteiger partial charge in [0.2, 0.25) is 17.5 Å². The van der Waals surface area contributed by atoms with Crippen molar-refractivity contribution in [2.24, 2.45) is 0 Å². The van der Waals surface area contributed by atoms with Gasteiger partial charge in [-0.3, -0.25) is 10.1 Å². The lowest BCUT2D eigenvalue weighted by Gasteiger charge is -2.05. The van der Waals surface area contributed by atoms with Gasteiger partial charge in [-0.15, -0.1) is 0 Å². The van der Waals surface area contributed by atoms with E-state index in [-0.39, 0.29) is 23.9 Å². The van der Waals surface area contributed by atoms with Crippen LogP contribution in [-0.2, 0) is 12.7 Å². The molecule has 0 saturated carbocycles. The molecule has 0 bridgehead atoms. The molecular formula is C16H10F4N4O3. The van der Waals surface area contributed by atoms with E-state index >= 15 is 0 Å². The predicted octanol–water partition coefficient (Wildman–Crippen LogP) is 4.41. The van der Waals surface area contributed by atoms with Gasteiger partial charge in [0.25, 0.3) is 0 Å². The van der Waals surface area contributed by atoms with Crippen molar-refractivity contribution < 1.29 is 27.0 Å². The summed E-state index contributed by atoms with van der Waals surface area (Å²) in [7, 11) is 0. The van der Waals surface area contributed by atoms with Crippen LogP contribution in [0.1, 0.15) is 11.5 Å². The van der Waals surface area contributed by atoms with Crippen molar-refractivity contribution in [2.45, 2.75) is 12.7 Å². The molecule has 3 rings (SSSR count). The Morgan fingerprint density at radius 3 is 2.48 bits per heavy atom. The summed E-state index contributed by atoms with van der Waals surface area (Å²) in [6.07, 6.45) is -4.44. The number of aromatic nitrogens is 2. The molecule has 0 radical (unpaired) electrons. The summed E-state index contributed by atoms with van der Waals surface area (Å²) < 4.78 is 56.0. The lowest BCUT2D eigenvalue weighted by atomic mass is 10.1. The molecule has 1 aromatic heterocycles. The maximum atomic E-state index is 13.3. The van der Waals surface area contributed by atoms with E-state index in [2.05, 4.69) is 15.5 Å². The summed E-state index contributed by atoms with van der Waals surface area (Å²) >= 11 is 0. The molecule has 7 nitrogen and oxygen atoms in total. The minimum atomic E-state index is -4.44. The Labute approximate surface area is 148 Å². The normalized spacial score (nSPS) is 11.4. The van der Waals surface area contributed by atoms with E-state index in [1.165, 1.54) is 18.2 Å². The minimum Gasteiger partial charge on any atom is -0.376 e. The van der Waals surface area contributed by atoms with Crippen molar-refractivity contribution in [3.05, 3.63) is 69.9 Å². The highest BCUT2D eigenvalue weighted by atomic mass is 19.4. The summed E-state index contributed by atoms with van der Waals surface area (Å²) in [4.78, 5) is 13.9. The van der Waals surface area contributed by atoms with Crippen LogP contribution in [0.4, 0.5) is 28.9 Å². The number of nitro benzene ring substituents is 1. The molecule has 0 amide bonds. The second-order valence-corrected chi connectivity index (χ2v) is 5.36. The van der Waals surface area contributed by atoms with Gasteiger partial charge in [0.1, 0.15) is 0 Å². The number of alkyl halides is 3. The molecule has 0 aliphatic heterocycles. The van der Waals surface area contributed by atoms with Crippen LogP contribution in [0.3, 0.4) is 0 Å². The lowest BCUT2D eigenvalue weighted by molar-refractivity contribution is -0.387. The van der Waals surface area contributed by atoms with E-state index in [4.69, 9.17) is 4.52 Å². The third-order valence-electron chi connectivity index (χ3n) is 3.53. The fraction of sp³-hybridized carbons (Fsp3) is 0.125. The Bertz CT molecular complexity index is 971. The largest absolute Gasteiger partial charge is 0.416 e. The monoisotopic (exact) mass is 382 g/mol. The second kappa shape index (κ2) is 7.02. The molecule has 0 atom stereocenters. The van der Waals surface area contributed by atoms with Gasteiger partial charge in [-0.1, -0.05) is 17.3 Å². The van der Waals surface area contributed by atoms with Gasteiger partial charge >= 0.3 is 11.9 Å². The van der Waals surface area contributed by atoms with E-state index in [9.17, 15) is 27.7 Å². The number of halogens is 4. The first-order valence-corrected chi connectivity index (χ1v) is 7.42. The highest BCUT2D eigenvalue weighted by Crippen LogP contribution is 2.30. The van der Waals surface area contributed by atoms with Crippen molar-refractivity contribution in [1.82, 2.24) is 10.1 Å². The topological polar surface area (TPSA) is 94.1 Å². The number of nitrogens with zero attached hydrogens (tertiary/aromatic N) is 3. The van der Waals surface area contributed by atoms with E-state index < -0.39 is 28.2 Å². The maximum Gasteiger partial charge on any atom is 0.416 e. The number of nitrogens with one attached hydrogen (secondary N) is 1. The molecule has 0 fully saturated rings. The van der Waals surface area contributed by atoms with Gasteiger partial charge in [-0.2, -0.15) is 22.5 Å². The standard InChI is InChI=1S/C16H10F4N4O3/c17-12-6-5-11(7-13(12)24(25)26)21-8-14-22-15(23-27-14)9-1-3-10(4-2-9)16(18,19)20/h1-7,21H,8H2. The minimum absolute atomic E-state index is 0.0174. The number of rotatable bonds is 5. The van der Waals surface area contributed by atoms with Crippen molar-refractivity contribution in [3.63, 3.8) is 0 Å². The summed E-state index contributed by atoms with van der Waals surface area (Å²) in [5, 5.41) is 17.2. The van der Waals surface area contributed by atoms with E-state index in [1.807, 2.05) is 0 Å². The van der Waals surface area contributed by atoms with Crippen molar-refractivity contribution in [3.8, 4) is 11.4 Å². The number of benzene rings is 2. The van der Waals surface area contributed by atoms with Crippen LogP contribution in [0.5, 0.6) is 0 Å². The van der Waals surface area contributed by atoms with Gasteiger partial charge in [-0.05, 0) is 24.3 Å². The Morgan fingerprint density at radius 1 is 1.15 bits per heavy atom. The Balaban J connectivity index is 1.70. The fourth-order valence-corrected chi connectivity index (χ4v) is 2.19. The molecule has 27 heavy (non-hydrogen) atoms. The average Bonchev–Trinajstić information content (AvgIpc) is 3.09. The molecule has 0 saturated heterocycles. The zero-order chi connectivity index (χ0) is 19.6. The number of anilines is 1. The molecule has 2 aromatic carbocycles. The third-order valence-corrected chi connectivity index (χ3v) is 3.53. The van der Waals surface area contributed by atoms with Gasteiger partial charge < -0.3 is 9.84 Å². The third kappa shape index (κ3) is 4.19. The van der Waals surface area contributed by atoms with Crippen molar-refractivity contribution >= 4 is 11.4 Å². The van der Waals surface area contributed by atoms with E-state index in [0.29, 0.717) is 5.56 Å². The first kappa shape index (κ1) is 18.3. The summed E-state index contributed by atoms with van der Waals surface area (Å²) in [6.45, 7) is -0.0174. The number of hydrogen-bond acceptors (Lipinski definition) is 6. The lowest BCUT2D eigenvalue weighted by Crippen LogP contribution is -2.04. The SMILES string of the molecule is O=[N+]([O-])c1cc(NCc2nc(-c3ccc(C(F)(F)F)cc3)no2)ccc1F. The molecule has 0 unspecified atom stereocenters. The van der Waals surface area contributed by atoms with Crippen LogP contribution in [0.25, 0.3) is 11.4 Å². The average molecular weight is 382 g/mol. The molecule has 1 heterocycles. The maximum absolute atomic E-state index is 13.3. The van der Waals surface area contributed by atoms with Gasteiger partial charge in [0.15, 0.2) is 0 Å². The highest BCUT2D eigenvalue weighted by molar-refractivity contribution is 5.55. The molecule has 11 heteroatoms. The van der Waals surface area contributed by atoms with Crippen LogP contribution in [-0.4, -0.2) is 15.1 Å². The highest BCUT2D eigenvalue weighted by Gasteiger charge is 2.30. The Hall–Kier alpha value is -3.50. The molecule has 0 aliphatic carbocycles. The molecule has 3 aromatic rings. The van der Waals surface area contributed by atoms with E-state index in [0.717, 1.165) is 24.3 Å². The van der Waals surface area contributed by atoms with Gasteiger partial charge in [-0.25, -0.2) is 0 Å². The predicted molar refractivity (Wildman–Crippen MR) is 85.1 cm³/mol. The molecule has 1 N–H and O–H groups in total. The Morgan fingerprint density at radius 2 is 1.85 bits per heavy atom. The summed E-state index contributed by atoms with van der Waals surface area (Å²) in [5.41, 5.74) is -0.890. The van der Waals surface area contributed by atoms with Crippen molar-refractivity contribution in [2.75, 3.05) is 5.32 Å². The number of hydrogen-bond donors (Lipinski definition) is 1.